The van der Waals surface area contributed by atoms with Gasteiger partial charge in [-0.1, -0.05) is 0 Å². The van der Waals surface area contributed by atoms with Gasteiger partial charge in [-0.15, -0.1) is 0 Å². The number of nitrogens with zero attached hydrogens (tertiary/aromatic N) is 2. The first kappa shape index (κ1) is 9.68. The maximum absolute atomic E-state index is 11.3. The molecule has 0 N–H and O–H groups in total. The maximum Gasteiger partial charge on any atom is 0.268 e. The van der Waals surface area contributed by atoms with Gasteiger partial charge >= 0.3 is 0 Å². The van der Waals surface area contributed by atoms with E-state index in [1.807, 2.05) is 0 Å². The van der Waals surface area contributed by atoms with Crippen molar-refractivity contribution in [2.45, 2.75) is 6.54 Å². The van der Waals surface area contributed by atoms with E-state index in [4.69, 9.17) is 5.26 Å². The molecule has 0 saturated carbocycles. The van der Waals surface area contributed by atoms with E-state index in [1.54, 1.807) is 6.07 Å². The van der Waals surface area contributed by atoms with E-state index in [0.717, 1.165) is 0 Å². The van der Waals surface area contributed by atoms with Crippen molar-refractivity contribution in [1.82, 2.24) is 4.57 Å². The molecule has 0 atom stereocenters. The second-order valence-corrected chi connectivity index (χ2v) is 3.22. The van der Waals surface area contributed by atoms with Gasteiger partial charge in [-0.3, -0.25) is 4.79 Å². The van der Waals surface area contributed by atoms with Crippen LogP contribution in [-0.4, -0.2) is 10.9 Å². The first-order valence-electron chi connectivity index (χ1n) is 3.42. The van der Waals surface area contributed by atoms with Crippen molar-refractivity contribution < 1.29 is 4.79 Å². The lowest BCUT2D eigenvalue weighted by Gasteiger charge is -2.01. The Hall–Kier alpha value is -1.41. The van der Waals surface area contributed by atoms with E-state index >= 15 is 0 Å². The van der Waals surface area contributed by atoms with Crippen LogP contribution in [0.4, 0.5) is 0 Å². The van der Waals surface area contributed by atoms with Gasteiger partial charge in [0.15, 0.2) is 0 Å². The van der Waals surface area contributed by atoms with Crippen LogP contribution in [0.1, 0.15) is 5.56 Å². The molecule has 0 amide bonds. The summed E-state index contributed by atoms with van der Waals surface area (Å²) < 4.78 is 1.78. The van der Waals surface area contributed by atoms with Crippen molar-refractivity contribution in [3.63, 3.8) is 0 Å². The zero-order chi connectivity index (χ0) is 9.84. The highest BCUT2D eigenvalue weighted by Gasteiger charge is 2.03. The molecule has 0 unspecified atom stereocenters. The molecule has 13 heavy (non-hydrogen) atoms. The molecule has 0 fully saturated rings. The minimum absolute atomic E-state index is 0.0243. The molecule has 5 heteroatoms. The number of aldehydes is 1. The zero-order valence-corrected chi connectivity index (χ0v) is 8.11. The summed E-state index contributed by atoms with van der Waals surface area (Å²) in [6, 6.07) is 3.18. The van der Waals surface area contributed by atoms with Crippen LogP contribution in [0.15, 0.2) is 21.5 Å². The molecule has 0 spiro atoms. The first-order valence-corrected chi connectivity index (χ1v) is 4.22. The number of carbonyl (C=O) groups excluding carboxylic acids is 1. The van der Waals surface area contributed by atoms with Gasteiger partial charge in [-0.05, 0) is 22.0 Å². The molecule has 1 aromatic heterocycles. The van der Waals surface area contributed by atoms with Crippen molar-refractivity contribution in [3.8, 4) is 6.07 Å². The normalized spacial score (nSPS) is 9.23. The summed E-state index contributed by atoms with van der Waals surface area (Å²) in [5.41, 5.74) is -0.422. The molecule has 4 nitrogen and oxygen atoms in total. The smallest absolute Gasteiger partial charge is 0.268 e. The molecule has 0 aliphatic heterocycles. The minimum Gasteiger partial charge on any atom is -0.306 e. The van der Waals surface area contributed by atoms with Gasteiger partial charge in [0.1, 0.15) is 17.9 Å². The summed E-state index contributed by atoms with van der Waals surface area (Å²) in [5.74, 6) is 0. The zero-order valence-electron chi connectivity index (χ0n) is 6.53. The minimum atomic E-state index is -0.446. The second kappa shape index (κ2) is 4.01. The lowest BCUT2D eigenvalue weighted by Crippen LogP contribution is -2.22. The van der Waals surface area contributed by atoms with Crippen molar-refractivity contribution in [1.29, 1.82) is 5.26 Å². The number of nitriles is 1. The van der Waals surface area contributed by atoms with Gasteiger partial charge in [0.05, 0.1) is 6.54 Å². The Balaban J connectivity index is 3.37. The van der Waals surface area contributed by atoms with Crippen LogP contribution in [0, 0.1) is 11.3 Å². The molecule has 0 radical (unpaired) electrons. The molecular weight excluding hydrogens is 236 g/mol. The summed E-state index contributed by atoms with van der Waals surface area (Å²) >= 11 is 3.13. The summed E-state index contributed by atoms with van der Waals surface area (Å²) in [5, 5.41) is 8.56. The largest absolute Gasteiger partial charge is 0.306 e. The van der Waals surface area contributed by atoms with E-state index in [2.05, 4.69) is 15.9 Å². The highest BCUT2D eigenvalue weighted by atomic mass is 79.9. The number of rotatable bonds is 2. The van der Waals surface area contributed by atoms with E-state index in [1.165, 1.54) is 16.8 Å². The van der Waals surface area contributed by atoms with Crippen molar-refractivity contribution in [2.75, 3.05) is 0 Å². The molecule has 0 aliphatic rings. The average Bonchev–Trinajstić information content (AvgIpc) is 2.11. The Morgan fingerprint density at radius 3 is 2.92 bits per heavy atom. The summed E-state index contributed by atoms with van der Waals surface area (Å²) in [6.07, 6.45) is 2.08. The van der Waals surface area contributed by atoms with E-state index in [9.17, 15) is 9.59 Å². The van der Waals surface area contributed by atoms with Crippen molar-refractivity contribution in [3.05, 3.63) is 32.7 Å². The van der Waals surface area contributed by atoms with Crippen LogP contribution in [0.25, 0.3) is 0 Å². The number of aromatic nitrogens is 1. The topological polar surface area (TPSA) is 62.9 Å². The SMILES string of the molecule is N#Cc1cc(Br)cn(CC=O)c1=O. The van der Waals surface area contributed by atoms with E-state index in [-0.39, 0.29) is 12.1 Å². The van der Waals surface area contributed by atoms with Crippen LogP contribution in [-0.2, 0) is 11.3 Å². The van der Waals surface area contributed by atoms with Crippen LogP contribution < -0.4 is 5.56 Å². The van der Waals surface area contributed by atoms with Crippen LogP contribution >= 0.6 is 15.9 Å². The lowest BCUT2D eigenvalue weighted by atomic mass is 10.3. The second-order valence-electron chi connectivity index (χ2n) is 2.31. The average molecular weight is 241 g/mol. The molecule has 0 aliphatic carbocycles. The fraction of sp³-hybridized carbons (Fsp3) is 0.125. The molecular formula is C8H5BrN2O2. The Morgan fingerprint density at radius 2 is 2.38 bits per heavy atom. The molecule has 1 rings (SSSR count). The van der Waals surface area contributed by atoms with Gasteiger partial charge in [0.2, 0.25) is 0 Å². The van der Waals surface area contributed by atoms with Crippen LogP contribution in [0.3, 0.4) is 0 Å². The van der Waals surface area contributed by atoms with Crippen molar-refractivity contribution >= 4 is 22.2 Å². The Labute approximate surface area is 82.5 Å². The monoisotopic (exact) mass is 240 g/mol. The highest BCUT2D eigenvalue weighted by molar-refractivity contribution is 9.10. The first-order chi connectivity index (χ1) is 6.19. The third kappa shape index (κ3) is 2.04. The molecule has 0 aromatic carbocycles. The summed E-state index contributed by atoms with van der Waals surface area (Å²) in [6.45, 7) is -0.0348. The lowest BCUT2D eigenvalue weighted by molar-refractivity contribution is -0.108. The molecule has 1 aromatic rings. The number of hydrogen-bond acceptors (Lipinski definition) is 3. The fourth-order valence-corrected chi connectivity index (χ4v) is 1.37. The molecule has 66 valence electrons. The Bertz CT molecular complexity index is 431. The van der Waals surface area contributed by atoms with E-state index < -0.39 is 5.56 Å². The Kier molecular flexibility index (Phi) is 2.98. The predicted molar refractivity (Wildman–Crippen MR) is 49.2 cm³/mol. The molecule has 0 bridgehead atoms. The van der Waals surface area contributed by atoms with E-state index in [0.29, 0.717) is 10.8 Å². The standard InChI is InChI=1S/C8H5BrN2O2/c9-7-3-6(4-10)8(13)11(5-7)1-2-12/h2-3,5H,1H2. The van der Waals surface area contributed by atoms with Gasteiger partial charge in [0.25, 0.3) is 5.56 Å². The summed E-state index contributed by atoms with van der Waals surface area (Å²) in [7, 11) is 0. The maximum atomic E-state index is 11.3. The van der Waals surface area contributed by atoms with Gasteiger partial charge in [-0.2, -0.15) is 5.26 Å². The van der Waals surface area contributed by atoms with Gasteiger partial charge in [0, 0.05) is 10.7 Å². The molecule has 0 saturated heterocycles. The Morgan fingerprint density at radius 1 is 1.69 bits per heavy atom. The third-order valence-corrected chi connectivity index (χ3v) is 1.88. The highest BCUT2D eigenvalue weighted by Crippen LogP contribution is 2.07. The van der Waals surface area contributed by atoms with Crippen molar-refractivity contribution in [2.24, 2.45) is 0 Å². The van der Waals surface area contributed by atoms with Crippen LogP contribution in [0.2, 0.25) is 0 Å². The third-order valence-electron chi connectivity index (χ3n) is 1.44. The number of pyridine rings is 1. The van der Waals surface area contributed by atoms with Crippen LogP contribution in [0.5, 0.6) is 0 Å². The fourth-order valence-electron chi connectivity index (χ4n) is 0.895. The number of hydrogen-bond donors (Lipinski definition) is 0. The van der Waals surface area contributed by atoms with Gasteiger partial charge in [-0.25, -0.2) is 0 Å². The quantitative estimate of drug-likeness (QED) is 0.715. The summed E-state index contributed by atoms with van der Waals surface area (Å²) in [4.78, 5) is 21.5. The number of carbonyl (C=O) groups is 1. The van der Waals surface area contributed by atoms with Gasteiger partial charge < -0.3 is 9.36 Å². The number of halogens is 1. The molecule has 1 heterocycles. The predicted octanol–water partition coefficient (Wildman–Crippen LogP) is 0.681.